The second-order valence-electron chi connectivity index (χ2n) is 3.82. The highest BCUT2D eigenvalue weighted by Crippen LogP contribution is 2.21. The van der Waals surface area contributed by atoms with Crippen LogP contribution in [0.4, 0.5) is 0 Å². The molecule has 13 heavy (non-hydrogen) atoms. The fraction of sp³-hybridized carbons (Fsp3) is 0.556. The van der Waals surface area contributed by atoms with Crippen LogP contribution in [0.5, 0.6) is 0 Å². The Labute approximate surface area is 77.4 Å². The quantitative estimate of drug-likeness (QED) is 0.613. The van der Waals surface area contributed by atoms with E-state index in [1.807, 2.05) is 0 Å². The molecule has 4 heteroatoms. The molecular formula is C9H14N2O2. The first-order valence-electron chi connectivity index (χ1n) is 4.17. The highest BCUT2D eigenvalue weighted by Gasteiger charge is 2.38. The lowest BCUT2D eigenvalue weighted by atomic mass is 10.0. The molecule has 2 amide bonds. The Balaban J connectivity index is 2.98. The van der Waals surface area contributed by atoms with E-state index in [2.05, 4.69) is 0 Å². The molecule has 0 aliphatic carbocycles. The minimum Gasteiger partial charge on any atom is -0.328 e. The molecule has 2 N–H and O–H groups in total. The van der Waals surface area contributed by atoms with Crippen LogP contribution in [0, 0.1) is 0 Å². The Kier molecular flexibility index (Phi) is 2.26. The fourth-order valence-electron chi connectivity index (χ4n) is 1.25. The molecule has 1 aliphatic rings. The van der Waals surface area contributed by atoms with Crippen molar-refractivity contribution in [2.24, 2.45) is 5.73 Å². The summed E-state index contributed by atoms with van der Waals surface area (Å²) in [6, 6.07) is 0. The van der Waals surface area contributed by atoms with Crippen molar-refractivity contribution in [3.8, 4) is 0 Å². The van der Waals surface area contributed by atoms with Gasteiger partial charge in [-0.05, 0) is 20.8 Å². The number of carbonyl (C=O) groups excluding carboxylic acids is 2. The lowest BCUT2D eigenvalue weighted by Crippen LogP contribution is -2.52. The van der Waals surface area contributed by atoms with Crippen molar-refractivity contribution in [2.75, 3.05) is 6.54 Å². The van der Waals surface area contributed by atoms with Crippen LogP contribution in [-0.4, -0.2) is 28.8 Å². The van der Waals surface area contributed by atoms with E-state index < -0.39 is 5.54 Å². The number of hydrogen-bond acceptors (Lipinski definition) is 3. The molecule has 1 rings (SSSR count). The SMILES string of the molecule is CC1=CC(=O)N(C(C)(C)CN)C1=O. The van der Waals surface area contributed by atoms with Crippen LogP contribution in [0.1, 0.15) is 20.8 Å². The van der Waals surface area contributed by atoms with E-state index in [1.165, 1.54) is 11.0 Å². The van der Waals surface area contributed by atoms with Crippen molar-refractivity contribution in [2.45, 2.75) is 26.3 Å². The summed E-state index contributed by atoms with van der Waals surface area (Å²) in [5.41, 5.74) is 5.37. The molecule has 0 fully saturated rings. The highest BCUT2D eigenvalue weighted by molar-refractivity contribution is 6.16. The first kappa shape index (κ1) is 9.92. The maximum Gasteiger partial charge on any atom is 0.257 e. The summed E-state index contributed by atoms with van der Waals surface area (Å²) in [5.74, 6) is -0.501. The molecule has 4 nitrogen and oxygen atoms in total. The van der Waals surface area contributed by atoms with Crippen LogP contribution < -0.4 is 5.73 Å². The van der Waals surface area contributed by atoms with Gasteiger partial charge in [-0.15, -0.1) is 0 Å². The molecule has 0 saturated heterocycles. The van der Waals surface area contributed by atoms with E-state index in [0.29, 0.717) is 5.57 Å². The Bertz CT molecular complexity index is 292. The summed E-state index contributed by atoms with van der Waals surface area (Å²) in [7, 11) is 0. The Morgan fingerprint density at radius 3 is 2.31 bits per heavy atom. The van der Waals surface area contributed by atoms with E-state index >= 15 is 0 Å². The lowest BCUT2D eigenvalue weighted by Gasteiger charge is -2.32. The van der Waals surface area contributed by atoms with E-state index in [4.69, 9.17) is 5.73 Å². The van der Waals surface area contributed by atoms with Crippen LogP contribution in [-0.2, 0) is 9.59 Å². The van der Waals surface area contributed by atoms with E-state index in [1.54, 1.807) is 20.8 Å². The van der Waals surface area contributed by atoms with Gasteiger partial charge >= 0.3 is 0 Å². The number of carbonyl (C=O) groups is 2. The van der Waals surface area contributed by atoms with Gasteiger partial charge in [0.1, 0.15) is 0 Å². The molecule has 72 valence electrons. The Hall–Kier alpha value is -1.16. The summed E-state index contributed by atoms with van der Waals surface area (Å²) in [5, 5.41) is 0. The monoisotopic (exact) mass is 182 g/mol. The third-order valence-corrected chi connectivity index (χ3v) is 2.21. The fourth-order valence-corrected chi connectivity index (χ4v) is 1.25. The minimum atomic E-state index is -0.595. The average Bonchev–Trinajstić information content (AvgIpc) is 2.27. The normalized spacial score (nSPS) is 18.2. The molecule has 0 bridgehead atoms. The number of hydrogen-bond donors (Lipinski definition) is 1. The predicted molar refractivity (Wildman–Crippen MR) is 48.7 cm³/mol. The molecule has 0 radical (unpaired) electrons. The first-order valence-corrected chi connectivity index (χ1v) is 4.17. The molecular weight excluding hydrogens is 168 g/mol. The van der Waals surface area contributed by atoms with Crippen molar-refractivity contribution >= 4 is 11.8 Å². The van der Waals surface area contributed by atoms with E-state index in [0.717, 1.165) is 0 Å². The van der Waals surface area contributed by atoms with Gasteiger partial charge in [0.2, 0.25) is 0 Å². The number of nitrogens with two attached hydrogens (primary N) is 1. The van der Waals surface area contributed by atoms with Crippen LogP contribution in [0.25, 0.3) is 0 Å². The van der Waals surface area contributed by atoms with Gasteiger partial charge in [-0.3, -0.25) is 14.5 Å². The summed E-state index contributed by atoms with van der Waals surface area (Å²) in [6.07, 6.45) is 1.35. The molecule has 0 atom stereocenters. The van der Waals surface area contributed by atoms with Gasteiger partial charge in [0, 0.05) is 18.2 Å². The van der Waals surface area contributed by atoms with Crippen molar-refractivity contribution in [1.29, 1.82) is 0 Å². The summed E-state index contributed by atoms with van der Waals surface area (Å²) in [4.78, 5) is 24.1. The van der Waals surface area contributed by atoms with Gasteiger partial charge < -0.3 is 5.73 Å². The third-order valence-electron chi connectivity index (χ3n) is 2.21. The van der Waals surface area contributed by atoms with Gasteiger partial charge in [-0.1, -0.05) is 0 Å². The van der Waals surface area contributed by atoms with Crippen LogP contribution in [0.2, 0.25) is 0 Å². The molecule has 0 aromatic heterocycles. The maximum absolute atomic E-state index is 11.5. The standard InChI is InChI=1S/C9H14N2O2/c1-6-4-7(12)11(8(6)13)9(2,3)5-10/h4H,5,10H2,1-3H3. The predicted octanol–water partition coefficient (Wildman–Crippen LogP) is 0.0388. The van der Waals surface area contributed by atoms with Gasteiger partial charge in [-0.2, -0.15) is 0 Å². The number of nitrogens with zero attached hydrogens (tertiary/aromatic N) is 1. The van der Waals surface area contributed by atoms with Crippen LogP contribution in [0.3, 0.4) is 0 Å². The van der Waals surface area contributed by atoms with Gasteiger partial charge in [-0.25, -0.2) is 0 Å². The smallest absolute Gasteiger partial charge is 0.257 e. The zero-order chi connectivity index (χ0) is 10.2. The van der Waals surface area contributed by atoms with Crippen molar-refractivity contribution in [1.82, 2.24) is 4.90 Å². The number of amides is 2. The molecule has 0 spiro atoms. The average molecular weight is 182 g/mol. The molecule has 0 aromatic rings. The van der Waals surface area contributed by atoms with Crippen molar-refractivity contribution in [3.05, 3.63) is 11.6 Å². The van der Waals surface area contributed by atoms with Gasteiger partial charge in [0.05, 0.1) is 5.54 Å². The second-order valence-corrected chi connectivity index (χ2v) is 3.82. The molecule has 1 heterocycles. The lowest BCUT2D eigenvalue weighted by molar-refractivity contribution is -0.142. The number of rotatable bonds is 2. The highest BCUT2D eigenvalue weighted by atomic mass is 16.2. The van der Waals surface area contributed by atoms with Crippen LogP contribution >= 0.6 is 0 Å². The summed E-state index contributed by atoms with van der Waals surface area (Å²) >= 11 is 0. The summed E-state index contributed by atoms with van der Waals surface area (Å²) in [6.45, 7) is 5.45. The van der Waals surface area contributed by atoms with E-state index in [-0.39, 0.29) is 18.4 Å². The zero-order valence-electron chi connectivity index (χ0n) is 8.13. The zero-order valence-corrected chi connectivity index (χ0v) is 8.13. The van der Waals surface area contributed by atoms with Gasteiger partial charge in [0.25, 0.3) is 11.8 Å². The van der Waals surface area contributed by atoms with Crippen LogP contribution in [0.15, 0.2) is 11.6 Å². The maximum atomic E-state index is 11.5. The Morgan fingerprint density at radius 2 is 2.00 bits per heavy atom. The topological polar surface area (TPSA) is 63.4 Å². The molecule has 1 aliphatic heterocycles. The Morgan fingerprint density at radius 1 is 1.46 bits per heavy atom. The molecule has 0 saturated carbocycles. The van der Waals surface area contributed by atoms with Crippen molar-refractivity contribution < 1.29 is 9.59 Å². The van der Waals surface area contributed by atoms with Crippen molar-refractivity contribution in [3.63, 3.8) is 0 Å². The summed E-state index contributed by atoms with van der Waals surface area (Å²) < 4.78 is 0. The number of imide groups is 1. The first-order chi connectivity index (χ1) is 5.90. The largest absolute Gasteiger partial charge is 0.328 e. The third kappa shape index (κ3) is 1.49. The second kappa shape index (κ2) is 2.96. The molecule has 0 aromatic carbocycles. The van der Waals surface area contributed by atoms with Gasteiger partial charge in [0.15, 0.2) is 0 Å². The van der Waals surface area contributed by atoms with E-state index in [9.17, 15) is 9.59 Å². The minimum absolute atomic E-state index is 0.236. The molecule has 0 unspecified atom stereocenters.